The zero-order valence-corrected chi connectivity index (χ0v) is 12.9. The van der Waals surface area contributed by atoms with Crippen molar-refractivity contribution in [1.29, 1.82) is 0 Å². The Morgan fingerprint density at radius 3 is 2.43 bits per heavy atom. The maximum absolute atomic E-state index is 6.11. The standard InChI is InChI=1S/C18H23NO2/c1-13-7-9-16(10-8-13)18(14(2)19)21-17-6-4-5-15(11-17)12-20-3/h4-11,14,18H,12,19H2,1-3H3. The molecular formula is C18H23NO2. The molecule has 0 aromatic heterocycles. The molecule has 0 aliphatic heterocycles. The van der Waals surface area contributed by atoms with Crippen LogP contribution < -0.4 is 10.5 Å². The molecule has 0 bridgehead atoms. The number of nitrogens with two attached hydrogens (primary N) is 1. The summed E-state index contributed by atoms with van der Waals surface area (Å²) >= 11 is 0. The zero-order valence-electron chi connectivity index (χ0n) is 12.9. The number of rotatable bonds is 6. The minimum atomic E-state index is -0.164. The van der Waals surface area contributed by atoms with Crippen molar-refractivity contribution >= 4 is 0 Å². The number of ether oxygens (including phenoxy) is 2. The quantitative estimate of drug-likeness (QED) is 0.881. The number of aryl methyl sites for hydroxylation is 1. The summed E-state index contributed by atoms with van der Waals surface area (Å²) in [5.74, 6) is 0.812. The van der Waals surface area contributed by atoms with Crippen molar-refractivity contribution in [2.75, 3.05) is 7.11 Å². The van der Waals surface area contributed by atoms with Gasteiger partial charge in [-0.2, -0.15) is 0 Å². The van der Waals surface area contributed by atoms with Gasteiger partial charge in [0.1, 0.15) is 11.9 Å². The van der Waals surface area contributed by atoms with Crippen molar-refractivity contribution in [1.82, 2.24) is 0 Å². The number of hydrogen-bond donors (Lipinski definition) is 1. The molecule has 0 heterocycles. The smallest absolute Gasteiger partial charge is 0.138 e. The molecule has 0 radical (unpaired) electrons. The first kappa shape index (κ1) is 15.5. The van der Waals surface area contributed by atoms with Crippen LogP contribution in [0.4, 0.5) is 0 Å². The van der Waals surface area contributed by atoms with Crippen LogP contribution in [0.25, 0.3) is 0 Å². The lowest BCUT2D eigenvalue weighted by Crippen LogP contribution is -2.29. The van der Waals surface area contributed by atoms with E-state index in [1.54, 1.807) is 7.11 Å². The third-order valence-electron chi connectivity index (χ3n) is 3.36. The number of hydrogen-bond acceptors (Lipinski definition) is 3. The summed E-state index contributed by atoms with van der Waals surface area (Å²) in [4.78, 5) is 0. The molecule has 0 saturated carbocycles. The summed E-state index contributed by atoms with van der Waals surface area (Å²) in [6.07, 6.45) is -0.164. The van der Waals surface area contributed by atoms with E-state index in [1.807, 2.05) is 31.2 Å². The number of methoxy groups -OCH3 is 1. The second-order valence-corrected chi connectivity index (χ2v) is 5.39. The van der Waals surface area contributed by atoms with Crippen molar-refractivity contribution in [2.24, 2.45) is 5.73 Å². The van der Waals surface area contributed by atoms with E-state index in [2.05, 4.69) is 31.2 Å². The molecule has 2 atom stereocenters. The van der Waals surface area contributed by atoms with E-state index in [0.717, 1.165) is 16.9 Å². The van der Waals surface area contributed by atoms with Gasteiger partial charge in [-0.3, -0.25) is 0 Å². The van der Waals surface area contributed by atoms with E-state index >= 15 is 0 Å². The van der Waals surface area contributed by atoms with Gasteiger partial charge in [0.2, 0.25) is 0 Å². The Morgan fingerprint density at radius 2 is 1.81 bits per heavy atom. The van der Waals surface area contributed by atoms with E-state index in [9.17, 15) is 0 Å². The molecule has 0 fully saturated rings. The normalized spacial score (nSPS) is 13.7. The molecule has 112 valence electrons. The second kappa shape index (κ2) is 7.25. The molecule has 21 heavy (non-hydrogen) atoms. The van der Waals surface area contributed by atoms with Gasteiger partial charge in [-0.05, 0) is 37.1 Å². The van der Waals surface area contributed by atoms with E-state index < -0.39 is 0 Å². The van der Waals surface area contributed by atoms with Gasteiger partial charge in [0, 0.05) is 13.2 Å². The molecule has 0 spiro atoms. The maximum atomic E-state index is 6.11. The molecule has 0 aliphatic carbocycles. The van der Waals surface area contributed by atoms with Gasteiger partial charge in [-0.15, -0.1) is 0 Å². The summed E-state index contributed by atoms with van der Waals surface area (Å²) < 4.78 is 11.3. The summed E-state index contributed by atoms with van der Waals surface area (Å²) in [5, 5.41) is 0. The average molecular weight is 285 g/mol. The van der Waals surface area contributed by atoms with E-state index in [-0.39, 0.29) is 12.1 Å². The molecule has 0 aliphatic rings. The Bertz CT molecular complexity index is 564. The molecule has 3 nitrogen and oxygen atoms in total. The molecule has 0 saturated heterocycles. The third kappa shape index (κ3) is 4.31. The van der Waals surface area contributed by atoms with Crippen LogP contribution in [-0.2, 0) is 11.3 Å². The Hall–Kier alpha value is -1.84. The predicted molar refractivity (Wildman–Crippen MR) is 85.4 cm³/mol. The monoisotopic (exact) mass is 285 g/mol. The fourth-order valence-corrected chi connectivity index (χ4v) is 2.26. The molecule has 0 amide bonds. The fraction of sp³-hybridized carbons (Fsp3) is 0.333. The maximum Gasteiger partial charge on any atom is 0.138 e. The topological polar surface area (TPSA) is 44.5 Å². The average Bonchev–Trinajstić information content (AvgIpc) is 2.46. The largest absolute Gasteiger partial charge is 0.484 e. The van der Waals surface area contributed by atoms with Crippen LogP contribution in [0.2, 0.25) is 0 Å². The molecule has 2 aromatic rings. The van der Waals surface area contributed by atoms with Gasteiger partial charge in [-0.25, -0.2) is 0 Å². The first-order chi connectivity index (χ1) is 10.1. The first-order valence-electron chi connectivity index (χ1n) is 7.17. The third-order valence-corrected chi connectivity index (χ3v) is 3.36. The minimum absolute atomic E-state index is 0.0983. The first-order valence-corrected chi connectivity index (χ1v) is 7.17. The second-order valence-electron chi connectivity index (χ2n) is 5.39. The summed E-state index contributed by atoms with van der Waals surface area (Å²) in [5.41, 5.74) is 9.50. The van der Waals surface area contributed by atoms with Crippen LogP contribution in [-0.4, -0.2) is 13.2 Å². The highest BCUT2D eigenvalue weighted by Crippen LogP contribution is 2.25. The van der Waals surface area contributed by atoms with Crippen LogP contribution in [0.5, 0.6) is 5.75 Å². The van der Waals surface area contributed by atoms with Gasteiger partial charge in [0.15, 0.2) is 0 Å². The number of benzene rings is 2. The van der Waals surface area contributed by atoms with Crippen molar-refractivity contribution in [2.45, 2.75) is 32.6 Å². The van der Waals surface area contributed by atoms with Crippen molar-refractivity contribution in [3.8, 4) is 5.75 Å². The van der Waals surface area contributed by atoms with Crippen molar-refractivity contribution in [3.05, 3.63) is 65.2 Å². The van der Waals surface area contributed by atoms with Crippen LogP contribution in [0.15, 0.2) is 48.5 Å². The summed E-state index contributed by atoms with van der Waals surface area (Å²) in [7, 11) is 1.69. The SMILES string of the molecule is COCc1cccc(OC(c2ccc(C)cc2)C(C)N)c1. The Morgan fingerprint density at radius 1 is 1.10 bits per heavy atom. The molecular weight excluding hydrogens is 262 g/mol. The predicted octanol–water partition coefficient (Wildman–Crippen LogP) is 3.61. The highest BCUT2D eigenvalue weighted by Gasteiger charge is 2.18. The Kier molecular flexibility index (Phi) is 5.37. The van der Waals surface area contributed by atoms with Gasteiger partial charge >= 0.3 is 0 Å². The molecule has 2 aromatic carbocycles. The zero-order chi connectivity index (χ0) is 15.2. The van der Waals surface area contributed by atoms with E-state index in [1.165, 1.54) is 5.56 Å². The lowest BCUT2D eigenvalue weighted by atomic mass is 10.0. The Labute approximate surface area is 126 Å². The lowest BCUT2D eigenvalue weighted by Gasteiger charge is -2.23. The van der Waals surface area contributed by atoms with Crippen LogP contribution in [0, 0.1) is 6.92 Å². The van der Waals surface area contributed by atoms with Gasteiger partial charge in [0.05, 0.1) is 6.61 Å². The van der Waals surface area contributed by atoms with Gasteiger partial charge in [-0.1, -0.05) is 42.0 Å². The van der Waals surface area contributed by atoms with E-state index in [0.29, 0.717) is 6.61 Å². The Balaban J connectivity index is 2.20. The molecule has 3 heteroatoms. The summed E-state index contributed by atoms with van der Waals surface area (Å²) in [6, 6.07) is 16.1. The van der Waals surface area contributed by atoms with Crippen LogP contribution in [0.1, 0.15) is 29.7 Å². The lowest BCUT2D eigenvalue weighted by molar-refractivity contribution is 0.175. The van der Waals surface area contributed by atoms with E-state index in [4.69, 9.17) is 15.2 Å². The molecule has 2 rings (SSSR count). The van der Waals surface area contributed by atoms with Crippen LogP contribution >= 0.6 is 0 Å². The van der Waals surface area contributed by atoms with Gasteiger partial charge in [0.25, 0.3) is 0 Å². The minimum Gasteiger partial charge on any atom is -0.484 e. The summed E-state index contributed by atoms with van der Waals surface area (Å²) in [6.45, 7) is 4.61. The highest BCUT2D eigenvalue weighted by atomic mass is 16.5. The van der Waals surface area contributed by atoms with Crippen molar-refractivity contribution < 1.29 is 9.47 Å². The fourth-order valence-electron chi connectivity index (χ4n) is 2.26. The molecule has 2 unspecified atom stereocenters. The van der Waals surface area contributed by atoms with Crippen molar-refractivity contribution in [3.63, 3.8) is 0 Å². The van der Waals surface area contributed by atoms with Gasteiger partial charge < -0.3 is 15.2 Å². The highest BCUT2D eigenvalue weighted by molar-refractivity contribution is 5.30. The van der Waals surface area contributed by atoms with Crippen LogP contribution in [0.3, 0.4) is 0 Å². The molecule has 2 N–H and O–H groups in total.